The van der Waals surface area contributed by atoms with E-state index in [0.717, 1.165) is 18.0 Å². The number of ether oxygens (including phenoxy) is 2. The van der Waals surface area contributed by atoms with Gasteiger partial charge in [-0.1, -0.05) is 6.07 Å². The molecule has 1 aliphatic heterocycles. The van der Waals surface area contributed by atoms with Crippen LogP contribution >= 0.6 is 0 Å². The molecule has 2 rings (SSSR count). The van der Waals surface area contributed by atoms with Crippen LogP contribution in [0.2, 0.25) is 0 Å². The minimum absolute atomic E-state index is 0.130. The molecule has 1 aliphatic rings. The zero-order valence-corrected chi connectivity index (χ0v) is 12.5. The molecule has 0 saturated heterocycles. The first-order valence-corrected chi connectivity index (χ1v) is 6.70. The van der Waals surface area contributed by atoms with E-state index >= 15 is 0 Å². The predicted molar refractivity (Wildman–Crippen MR) is 76.7 cm³/mol. The molecule has 1 atom stereocenters. The summed E-state index contributed by atoms with van der Waals surface area (Å²) in [6, 6.07) is 6.41. The lowest BCUT2D eigenvalue weighted by atomic mass is 10.0. The average Bonchev–Trinajstić information content (AvgIpc) is 2.82. The molecule has 0 saturated carbocycles. The van der Waals surface area contributed by atoms with Crippen molar-refractivity contribution in [1.29, 1.82) is 0 Å². The molecule has 106 valence electrons. The van der Waals surface area contributed by atoms with Crippen molar-refractivity contribution in [3.8, 4) is 11.5 Å². The van der Waals surface area contributed by atoms with E-state index in [2.05, 4.69) is 57.2 Å². The fourth-order valence-corrected chi connectivity index (χ4v) is 1.86. The van der Waals surface area contributed by atoms with E-state index in [1.54, 1.807) is 0 Å². The van der Waals surface area contributed by atoms with Crippen molar-refractivity contribution >= 4 is 0 Å². The molecule has 1 aromatic rings. The first kappa shape index (κ1) is 14.2. The van der Waals surface area contributed by atoms with Gasteiger partial charge in [-0.3, -0.25) is 0 Å². The molecule has 1 aromatic carbocycles. The van der Waals surface area contributed by atoms with E-state index in [1.807, 2.05) is 6.07 Å². The maximum Gasteiger partial charge on any atom is 0.231 e. The Morgan fingerprint density at radius 3 is 2.63 bits per heavy atom. The molecule has 0 aliphatic carbocycles. The first-order chi connectivity index (χ1) is 8.90. The maximum absolute atomic E-state index is 5.41. The number of fused-ring (bicyclic) bond motifs is 1. The Hall–Kier alpha value is -1.26. The van der Waals surface area contributed by atoms with Gasteiger partial charge in [-0.15, -0.1) is 0 Å². The van der Waals surface area contributed by atoms with E-state index in [9.17, 15) is 0 Å². The lowest BCUT2D eigenvalue weighted by molar-refractivity contribution is 0.174. The Morgan fingerprint density at radius 2 is 1.95 bits per heavy atom. The Kier molecular flexibility index (Phi) is 4.02. The summed E-state index contributed by atoms with van der Waals surface area (Å²) in [7, 11) is 4.21. The van der Waals surface area contributed by atoms with Crippen LogP contribution in [0.3, 0.4) is 0 Å². The number of nitrogens with one attached hydrogen (secondary N) is 1. The van der Waals surface area contributed by atoms with Crippen molar-refractivity contribution in [2.45, 2.75) is 32.4 Å². The average molecular weight is 264 g/mol. The number of hydrogen-bond donors (Lipinski definition) is 1. The molecular weight excluding hydrogens is 240 g/mol. The summed E-state index contributed by atoms with van der Waals surface area (Å²) in [4.78, 5) is 2.23. The second-order valence-corrected chi connectivity index (χ2v) is 5.92. The van der Waals surface area contributed by atoms with Crippen molar-refractivity contribution in [3.05, 3.63) is 23.8 Å². The molecular formula is C15H24N2O2. The summed E-state index contributed by atoms with van der Waals surface area (Å²) < 4.78 is 10.7. The molecule has 0 bridgehead atoms. The zero-order chi connectivity index (χ0) is 14.0. The van der Waals surface area contributed by atoms with Gasteiger partial charge in [-0.25, -0.2) is 0 Å². The van der Waals surface area contributed by atoms with Crippen molar-refractivity contribution < 1.29 is 9.47 Å². The van der Waals surface area contributed by atoms with Gasteiger partial charge in [-0.05, 0) is 52.6 Å². The molecule has 1 unspecified atom stereocenters. The van der Waals surface area contributed by atoms with Crippen LogP contribution in [0.1, 0.15) is 32.4 Å². The van der Waals surface area contributed by atoms with Crippen LogP contribution in [0, 0.1) is 0 Å². The van der Waals surface area contributed by atoms with E-state index in [0.29, 0.717) is 6.79 Å². The maximum atomic E-state index is 5.41. The van der Waals surface area contributed by atoms with Crippen molar-refractivity contribution in [2.75, 3.05) is 27.4 Å². The second-order valence-electron chi connectivity index (χ2n) is 5.92. The quantitative estimate of drug-likeness (QED) is 0.885. The predicted octanol–water partition coefficient (Wildman–Crippen LogP) is 2.41. The van der Waals surface area contributed by atoms with E-state index in [1.165, 1.54) is 5.56 Å². The Morgan fingerprint density at radius 1 is 1.26 bits per heavy atom. The molecule has 4 nitrogen and oxygen atoms in total. The van der Waals surface area contributed by atoms with Crippen LogP contribution in [0.15, 0.2) is 18.2 Å². The Labute approximate surface area is 115 Å². The van der Waals surface area contributed by atoms with Crippen LogP contribution in [0.5, 0.6) is 11.5 Å². The smallest absolute Gasteiger partial charge is 0.231 e. The number of nitrogens with zero attached hydrogens (tertiary/aromatic N) is 1. The van der Waals surface area contributed by atoms with Crippen molar-refractivity contribution in [2.24, 2.45) is 0 Å². The number of rotatable bonds is 5. The topological polar surface area (TPSA) is 33.7 Å². The van der Waals surface area contributed by atoms with Crippen molar-refractivity contribution in [1.82, 2.24) is 10.2 Å². The van der Waals surface area contributed by atoms with E-state index in [4.69, 9.17) is 9.47 Å². The van der Waals surface area contributed by atoms with Crippen LogP contribution in [-0.2, 0) is 0 Å². The summed E-state index contributed by atoms with van der Waals surface area (Å²) in [5.41, 5.74) is 1.35. The molecule has 0 aromatic heterocycles. The van der Waals surface area contributed by atoms with Gasteiger partial charge < -0.3 is 19.7 Å². The fourth-order valence-electron chi connectivity index (χ4n) is 1.86. The molecule has 1 N–H and O–H groups in total. The highest BCUT2D eigenvalue weighted by molar-refractivity contribution is 5.45. The minimum Gasteiger partial charge on any atom is -0.454 e. The van der Waals surface area contributed by atoms with E-state index < -0.39 is 0 Å². The molecule has 0 spiro atoms. The van der Waals surface area contributed by atoms with Crippen LogP contribution in [0.25, 0.3) is 0 Å². The van der Waals surface area contributed by atoms with Gasteiger partial charge in [-0.2, -0.15) is 0 Å². The summed E-state index contributed by atoms with van der Waals surface area (Å²) >= 11 is 0. The largest absolute Gasteiger partial charge is 0.454 e. The molecule has 0 amide bonds. The number of likely N-dealkylation sites (N-methyl/N-ethyl adjacent to an activating group) is 1. The lowest BCUT2D eigenvalue weighted by Gasteiger charge is -2.34. The summed E-state index contributed by atoms with van der Waals surface area (Å²) in [5.74, 6) is 1.68. The highest BCUT2D eigenvalue weighted by atomic mass is 16.7. The number of benzene rings is 1. The van der Waals surface area contributed by atoms with E-state index in [-0.39, 0.29) is 11.6 Å². The van der Waals surface area contributed by atoms with Gasteiger partial charge in [0, 0.05) is 18.1 Å². The van der Waals surface area contributed by atoms with Crippen LogP contribution < -0.4 is 14.8 Å². The minimum atomic E-state index is 0.130. The fraction of sp³-hybridized carbons (Fsp3) is 0.600. The lowest BCUT2D eigenvalue weighted by Crippen LogP contribution is -2.47. The summed E-state index contributed by atoms with van der Waals surface area (Å²) in [6.07, 6.45) is 0. The normalized spacial score (nSPS) is 15.9. The van der Waals surface area contributed by atoms with Gasteiger partial charge in [0.2, 0.25) is 6.79 Å². The summed E-state index contributed by atoms with van der Waals surface area (Å²) in [5, 5.41) is 3.57. The van der Waals surface area contributed by atoms with Gasteiger partial charge >= 0.3 is 0 Å². The number of hydrogen-bond acceptors (Lipinski definition) is 4. The monoisotopic (exact) mass is 264 g/mol. The zero-order valence-electron chi connectivity index (χ0n) is 12.5. The van der Waals surface area contributed by atoms with Gasteiger partial charge in [0.1, 0.15) is 0 Å². The third kappa shape index (κ3) is 3.19. The molecule has 1 heterocycles. The Bertz CT molecular complexity index is 444. The first-order valence-electron chi connectivity index (χ1n) is 6.70. The van der Waals surface area contributed by atoms with Gasteiger partial charge in [0.25, 0.3) is 0 Å². The standard InChI is InChI=1S/C15H24N2O2/c1-11(16-9-15(2,3)17(4)5)12-6-7-13-14(8-12)19-10-18-13/h6-8,11,16H,9-10H2,1-5H3. The van der Waals surface area contributed by atoms with Crippen molar-refractivity contribution in [3.63, 3.8) is 0 Å². The summed E-state index contributed by atoms with van der Waals surface area (Å²) in [6.45, 7) is 7.88. The third-order valence-corrected chi connectivity index (χ3v) is 3.95. The molecule has 0 fully saturated rings. The highest BCUT2D eigenvalue weighted by Crippen LogP contribution is 2.34. The van der Waals surface area contributed by atoms with Crippen LogP contribution in [0.4, 0.5) is 0 Å². The third-order valence-electron chi connectivity index (χ3n) is 3.95. The SMILES string of the molecule is CC(NCC(C)(C)N(C)C)c1ccc2c(c1)OCO2. The van der Waals surface area contributed by atoms with Crippen LogP contribution in [-0.4, -0.2) is 37.9 Å². The molecule has 4 heteroatoms. The van der Waals surface area contributed by atoms with Gasteiger partial charge in [0.15, 0.2) is 11.5 Å². The Balaban J connectivity index is 1.99. The molecule has 0 radical (unpaired) electrons. The second kappa shape index (κ2) is 5.39. The highest BCUT2D eigenvalue weighted by Gasteiger charge is 2.22. The molecule has 19 heavy (non-hydrogen) atoms. The van der Waals surface area contributed by atoms with Gasteiger partial charge in [0.05, 0.1) is 0 Å².